The monoisotopic (exact) mass is 329 g/mol. The third-order valence-corrected chi connectivity index (χ3v) is 5.95. The molecule has 4 aliphatic carbocycles. The fraction of sp³-hybridized carbons (Fsp3) is 0.579. The Bertz CT molecular complexity index is 641. The highest BCUT2D eigenvalue weighted by Gasteiger charge is 2.75. The fourth-order valence-electron chi connectivity index (χ4n) is 4.51. The molecule has 0 atom stereocenters. The molecule has 24 heavy (non-hydrogen) atoms. The zero-order valence-electron chi connectivity index (χ0n) is 13.7. The van der Waals surface area contributed by atoms with E-state index in [9.17, 15) is 9.59 Å². The van der Waals surface area contributed by atoms with Crippen molar-refractivity contribution in [2.45, 2.75) is 57.6 Å². The van der Waals surface area contributed by atoms with Gasteiger partial charge in [-0.05, 0) is 62.6 Å². The van der Waals surface area contributed by atoms with Crippen LogP contribution in [0.3, 0.4) is 0 Å². The van der Waals surface area contributed by atoms with Crippen molar-refractivity contribution < 1.29 is 19.4 Å². The summed E-state index contributed by atoms with van der Waals surface area (Å²) in [6.45, 7) is 0.477. The quantitative estimate of drug-likeness (QED) is 0.841. The third-order valence-electron chi connectivity index (χ3n) is 5.95. The van der Waals surface area contributed by atoms with Gasteiger partial charge in [-0.25, -0.2) is 0 Å². The normalized spacial score (nSPS) is 31.0. The van der Waals surface area contributed by atoms with Crippen molar-refractivity contribution in [1.29, 1.82) is 0 Å². The molecule has 1 aromatic rings. The van der Waals surface area contributed by atoms with Gasteiger partial charge in [0, 0.05) is 6.54 Å². The Hall–Kier alpha value is -2.04. The number of hydrogen-bond donors (Lipinski definition) is 2. The smallest absolute Gasteiger partial charge is 0.309 e. The number of carboxylic acids is 1. The first-order valence-electron chi connectivity index (χ1n) is 8.79. The fourth-order valence-corrected chi connectivity index (χ4v) is 4.51. The predicted molar refractivity (Wildman–Crippen MR) is 87.5 cm³/mol. The minimum atomic E-state index is -0.755. The lowest BCUT2D eigenvalue weighted by molar-refractivity contribution is -0.220. The van der Waals surface area contributed by atoms with E-state index in [2.05, 4.69) is 5.32 Å². The van der Waals surface area contributed by atoms with Gasteiger partial charge < -0.3 is 15.2 Å². The van der Waals surface area contributed by atoms with Crippen LogP contribution in [0.15, 0.2) is 24.3 Å². The number of carbonyl (C=O) groups excluding carboxylic acids is 1. The van der Waals surface area contributed by atoms with Crippen molar-refractivity contribution in [3.63, 3.8) is 0 Å². The van der Waals surface area contributed by atoms with Gasteiger partial charge in [0.1, 0.15) is 5.75 Å². The van der Waals surface area contributed by atoms with Crippen molar-refractivity contribution in [2.75, 3.05) is 0 Å². The average Bonchev–Trinajstić information content (AvgIpc) is 2.96. The van der Waals surface area contributed by atoms with E-state index in [1.54, 1.807) is 0 Å². The highest BCUT2D eigenvalue weighted by atomic mass is 16.5. The molecule has 4 saturated carbocycles. The summed E-state index contributed by atoms with van der Waals surface area (Å²) in [4.78, 5) is 23.4. The van der Waals surface area contributed by atoms with Crippen LogP contribution < -0.4 is 10.1 Å². The zero-order chi connectivity index (χ0) is 16.8. The molecule has 2 N–H and O–H groups in total. The minimum absolute atomic E-state index is 0.00286. The van der Waals surface area contributed by atoms with Crippen molar-refractivity contribution >= 4 is 11.9 Å². The van der Waals surface area contributed by atoms with E-state index < -0.39 is 16.8 Å². The molecule has 1 aromatic carbocycles. The summed E-state index contributed by atoms with van der Waals surface area (Å²) >= 11 is 0. The summed E-state index contributed by atoms with van der Waals surface area (Å²) in [6, 6.07) is 7.87. The maximum Gasteiger partial charge on any atom is 0.309 e. The number of ether oxygens (including phenoxy) is 1. The number of carboxylic acid groups (broad SMARTS) is 1. The Balaban J connectivity index is 1.26. The van der Waals surface area contributed by atoms with E-state index in [-0.39, 0.29) is 5.91 Å². The van der Waals surface area contributed by atoms with E-state index in [1.165, 1.54) is 12.8 Å². The van der Waals surface area contributed by atoms with Crippen LogP contribution in [0.2, 0.25) is 0 Å². The van der Waals surface area contributed by atoms with Crippen LogP contribution in [-0.2, 0) is 16.1 Å². The van der Waals surface area contributed by atoms with Gasteiger partial charge in [0.05, 0.1) is 16.9 Å². The second-order valence-electron chi connectivity index (χ2n) is 7.75. The van der Waals surface area contributed by atoms with Gasteiger partial charge in [-0.15, -0.1) is 0 Å². The Labute approximate surface area is 141 Å². The van der Waals surface area contributed by atoms with Gasteiger partial charge in [-0.2, -0.15) is 0 Å². The highest BCUT2D eigenvalue weighted by Crippen LogP contribution is 2.73. The Morgan fingerprint density at radius 3 is 2.29 bits per heavy atom. The second-order valence-corrected chi connectivity index (χ2v) is 7.75. The number of amides is 1. The van der Waals surface area contributed by atoms with Crippen LogP contribution in [0.25, 0.3) is 0 Å². The maximum absolute atomic E-state index is 12.3. The molecule has 2 bridgehead atoms. The predicted octanol–water partition coefficient (Wildman–Crippen LogP) is 2.88. The molecular formula is C19H23NO4. The number of carbonyl (C=O) groups is 2. The van der Waals surface area contributed by atoms with Gasteiger partial charge in [0.25, 0.3) is 0 Å². The van der Waals surface area contributed by atoms with E-state index in [4.69, 9.17) is 9.84 Å². The molecule has 0 unspecified atom stereocenters. The van der Waals surface area contributed by atoms with Crippen molar-refractivity contribution in [3.8, 4) is 5.75 Å². The lowest BCUT2D eigenvalue weighted by Crippen LogP contribution is -2.70. The maximum atomic E-state index is 12.3. The largest absolute Gasteiger partial charge is 0.490 e. The molecule has 0 saturated heterocycles. The molecule has 0 heterocycles. The van der Waals surface area contributed by atoms with E-state index >= 15 is 0 Å². The zero-order valence-corrected chi connectivity index (χ0v) is 13.7. The molecule has 1 amide bonds. The molecule has 0 spiro atoms. The van der Waals surface area contributed by atoms with Crippen LogP contribution in [0.1, 0.15) is 50.5 Å². The Kier molecular flexibility index (Phi) is 3.55. The van der Waals surface area contributed by atoms with Gasteiger partial charge in [-0.3, -0.25) is 9.59 Å². The summed E-state index contributed by atoms with van der Waals surface area (Å²) in [5.74, 6) is 0.131. The molecule has 5 rings (SSSR count). The van der Waals surface area contributed by atoms with Crippen LogP contribution >= 0.6 is 0 Å². The molecule has 4 aliphatic rings. The molecule has 5 heteroatoms. The second kappa shape index (κ2) is 5.50. The number of hydrogen-bond acceptors (Lipinski definition) is 3. The summed E-state index contributed by atoms with van der Waals surface area (Å²) in [7, 11) is 0. The topological polar surface area (TPSA) is 75.6 Å². The number of nitrogens with one attached hydrogen (secondary N) is 1. The molecule has 0 aliphatic heterocycles. The minimum Gasteiger partial charge on any atom is -0.490 e. The number of benzene rings is 1. The van der Waals surface area contributed by atoms with E-state index in [1.807, 2.05) is 24.3 Å². The van der Waals surface area contributed by atoms with E-state index in [0.717, 1.165) is 24.2 Å². The average molecular weight is 329 g/mol. The Morgan fingerprint density at radius 1 is 1.08 bits per heavy atom. The van der Waals surface area contributed by atoms with Crippen molar-refractivity contribution in [1.82, 2.24) is 5.32 Å². The molecule has 4 fully saturated rings. The number of rotatable bonds is 6. The Morgan fingerprint density at radius 2 is 1.71 bits per heavy atom. The van der Waals surface area contributed by atoms with Gasteiger partial charge in [0.15, 0.2) is 0 Å². The summed E-state index contributed by atoms with van der Waals surface area (Å²) < 4.78 is 5.93. The molecule has 0 radical (unpaired) electrons. The van der Waals surface area contributed by atoms with Gasteiger partial charge in [-0.1, -0.05) is 12.1 Å². The summed E-state index contributed by atoms with van der Waals surface area (Å²) in [5, 5.41) is 12.1. The van der Waals surface area contributed by atoms with Crippen molar-refractivity contribution in [2.24, 2.45) is 10.8 Å². The molecule has 0 aromatic heterocycles. The molecule has 5 nitrogen and oxygen atoms in total. The lowest BCUT2D eigenvalue weighted by atomic mass is 9.35. The lowest BCUT2D eigenvalue weighted by Gasteiger charge is -2.66. The van der Waals surface area contributed by atoms with Crippen LogP contribution in [0.5, 0.6) is 5.75 Å². The van der Waals surface area contributed by atoms with Crippen molar-refractivity contribution in [3.05, 3.63) is 29.8 Å². The third kappa shape index (κ3) is 2.46. The summed E-state index contributed by atoms with van der Waals surface area (Å²) in [5.41, 5.74) is 0.0159. The molecule has 128 valence electrons. The summed E-state index contributed by atoms with van der Waals surface area (Å²) in [6.07, 6.45) is 6.61. The van der Waals surface area contributed by atoms with Gasteiger partial charge >= 0.3 is 5.97 Å². The van der Waals surface area contributed by atoms with Gasteiger partial charge in [0.2, 0.25) is 5.91 Å². The first-order chi connectivity index (χ1) is 11.5. The highest BCUT2D eigenvalue weighted by molar-refractivity contribution is 5.93. The standard InChI is InChI=1S/C19H23NO4/c21-16(18-10-19(11-18,12-18)17(22)23)20-9-13-5-7-15(8-6-13)24-14-3-1-2-4-14/h5-8,14H,1-4,9-12H2,(H,20,21)(H,22,23). The van der Waals surface area contributed by atoms with E-state index in [0.29, 0.717) is 31.9 Å². The first-order valence-corrected chi connectivity index (χ1v) is 8.79. The number of aliphatic carboxylic acids is 1. The van der Waals surface area contributed by atoms with Crippen LogP contribution in [0, 0.1) is 10.8 Å². The molecular weight excluding hydrogens is 306 g/mol. The first kappa shape index (κ1) is 15.5. The SMILES string of the molecule is O=C(O)C12CC(C(=O)NCc3ccc(OC4CCCC4)cc3)(C1)C2. The van der Waals surface area contributed by atoms with Crippen LogP contribution in [-0.4, -0.2) is 23.1 Å². The van der Waals surface area contributed by atoms with Crippen LogP contribution in [0.4, 0.5) is 0 Å².